The van der Waals surface area contributed by atoms with E-state index >= 15 is 0 Å². The van der Waals surface area contributed by atoms with Crippen LogP contribution in [0.1, 0.15) is 11.1 Å². The third-order valence-corrected chi connectivity index (χ3v) is 4.81. The molecular formula is C22H24N4O. The van der Waals surface area contributed by atoms with E-state index in [2.05, 4.69) is 42.3 Å². The molecule has 0 saturated carbocycles. The number of hydrogen-bond donors (Lipinski definition) is 1. The normalized spacial score (nSPS) is 14.2. The number of rotatable bonds is 4. The van der Waals surface area contributed by atoms with Gasteiger partial charge in [-0.15, -0.1) is 0 Å². The summed E-state index contributed by atoms with van der Waals surface area (Å²) in [6.07, 6.45) is 0. The average molecular weight is 360 g/mol. The van der Waals surface area contributed by atoms with Crippen molar-refractivity contribution in [2.45, 2.75) is 13.8 Å². The van der Waals surface area contributed by atoms with Gasteiger partial charge in [0.1, 0.15) is 11.6 Å². The third-order valence-electron chi connectivity index (χ3n) is 4.81. The molecule has 2 aromatic carbocycles. The zero-order valence-electron chi connectivity index (χ0n) is 15.8. The first kappa shape index (κ1) is 17.5. The minimum absolute atomic E-state index is 0.727. The number of morpholine rings is 1. The van der Waals surface area contributed by atoms with Gasteiger partial charge in [-0.2, -0.15) is 0 Å². The Morgan fingerprint density at radius 1 is 0.889 bits per heavy atom. The molecule has 0 amide bonds. The predicted octanol–water partition coefficient (Wildman–Crippen LogP) is 4.34. The van der Waals surface area contributed by atoms with Crippen LogP contribution in [0.3, 0.4) is 0 Å². The summed E-state index contributed by atoms with van der Waals surface area (Å²) in [5.41, 5.74) is 4.51. The molecule has 0 radical (unpaired) electrons. The van der Waals surface area contributed by atoms with Gasteiger partial charge in [-0.3, -0.25) is 0 Å². The van der Waals surface area contributed by atoms with Crippen LogP contribution in [0, 0.1) is 13.8 Å². The van der Waals surface area contributed by atoms with Crippen LogP contribution in [0.2, 0.25) is 0 Å². The summed E-state index contributed by atoms with van der Waals surface area (Å²) < 4.78 is 5.49. The summed E-state index contributed by atoms with van der Waals surface area (Å²) >= 11 is 0. The summed E-state index contributed by atoms with van der Waals surface area (Å²) in [5.74, 6) is 2.47. The zero-order chi connectivity index (χ0) is 18.6. The number of benzene rings is 2. The lowest BCUT2D eigenvalue weighted by Gasteiger charge is -2.28. The van der Waals surface area contributed by atoms with Crippen LogP contribution in [0.5, 0.6) is 0 Å². The van der Waals surface area contributed by atoms with Crippen LogP contribution in [0.15, 0.2) is 54.6 Å². The van der Waals surface area contributed by atoms with Crippen molar-refractivity contribution in [3.63, 3.8) is 0 Å². The first-order chi connectivity index (χ1) is 13.2. The number of aryl methyl sites for hydroxylation is 2. The van der Waals surface area contributed by atoms with Crippen LogP contribution < -0.4 is 10.2 Å². The van der Waals surface area contributed by atoms with E-state index in [1.54, 1.807) is 0 Å². The molecule has 3 aromatic rings. The second-order valence-corrected chi connectivity index (χ2v) is 6.79. The van der Waals surface area contributed by atoms with Crippen molar-refractivity contribution in [3.8, 4) is 11.4 Å². The molecule has 1 aliphatic rings. The van der Waals surface area contributed by atoms with E-state index in [4.69, 9.17) is 14.7 Å². The number of hydrogen-bond acceptors (Lipinski definition) is 5. The first-order valence-corrected chi connectivity index (χ1v) is 9.31. The molecule has 0 spiro atoms. The van der Waals surface area contributed by atoms with Crippen LogP contribution >= 0.6 is 0 Å². The van der Waals surface area contributed by atoms with Crippen molar-refractivity contribution >= 4 is 17.3 Å². The molecule has 5 heteroatoms. The molecule has 27 heavy (non-hydrogen) atoms. The van der Waals surface area contributed by atoms with Crippen molar-refractivity contribution in [1.82, 2.24) is 9.97 Å². The van der Waals surface area contributed by atoms with Gasteiger partial charge in [0.25, 0.3) is 0 Å². The predicted molar refractivity (Wildman–Crippen MR) is 110 cm³/mol. The van der Waals surface area contributed by atoms with E-state index in [1.807, 2.05) is 36.4 Å². The summed E-state index contributed by atoms with van der Waals surface area (Å²) in [4.78, 5) is 11.9. The van der Waals surface area contributed by atoms with Crippen molar-refractivity contribution < 1.29 is 4.74 Å². The molecule has 138 valence electrons. The molecule has 0 bridgehead atoms. The number of anilines is 3. The summed E-state index contributed by atoms with van der Waals surface area (Å²) in [5, 5.41) is 3.52. The molecule has 1 aromatic heterocycles. The van der Waals surface area contributed by atoms with Gasteiger partial charge in [0.15, 0.2) is 5.82 Å². The summed E-state index contributed by atoms with van der Waals surface area (Å²) in [7, 11) is 0. The lowest BCUT2D eigenvalue weighted by Crippen LogP contribution is -2.36. The van der Waals surface area contributed by atoms with Gasteiger partial charge in [0, 0.05) is 30.4 Å². The molecule has 1 saturated heterocycles. The standard InChI is InChI=1S/C22H24N4O/c1-16-7-6-8-17(2)21(16)23-19-15-20(26-11-13-27-14-12-26)25-22(24-19)18-9-4-3-5-10-18/h3-10,15H,11-14H2,1-2H3,(H,23,24,25). The lowest BCUT2D eigenvalue weighted by molar-refractivity contribution is 0.122. The molecule has 1 aliphatic heterocycles. The lowest BCUT2D eigenvalue weighted by atomic mass is 10.1. The number of nitrogens with one attached hydrogen (secondary N) is 1. The van der Waals surface area contributed by atoms with Gasteiger partial charge in [0.2, 0.25) is 0 Å². The SMILES string of the molecule is Cc1cccc(C)c1Nc1cc(N2CCOCC2)nc(-c2ccccc2)n1. The minimum atomic E-state index is 0.727. The van der Waals surface area contributed by atoms with Gasteiger partial charge in [-0.1, -0.05) is 48.5 Å². The fourth-order valence-electron chi connectivity index (χ4n) is 3.31. The van der Waals surface area contributed by atoms with E-state index < -0.39 is 0 Å². The second kappa shape index (κ2) is 7.76. The average Bonchev–Trinajstić information content (AvgIpc) is 2.72. The Balaban J connectivity index is 1.75. The summed E-state index contributed by atoms with van der Waals surface area (Å²) in [6, 6.07) is 18.4. The Morgan fingerprint density at radius 2 is 1.59 bits per heavy atom. The Morgan fingerprint density at radius 3 is 2.30 bits per heavy atom. The van der Waals surface area contributed by atoms with Gasteiger partial charge < -0.3 is 15.0 Å². The van der Waals surface area contributed by atoms with Crippen LogP contribution in [0.4, 0.5) is 17.3 Å². The third kappa shape index (κ3) is 3.93. The zero-order valence-corrected chi connectivity index (χ0v) is 15.8. The highest BCUT2D eigenvalue weighted by molar-refractivity contribution is 5.69. The fraction of sp³-hybridized carbons (Fsp3) is 0.273. The molecule has 4 rings (SSSR count). The topological polar surface area (TPSA) is 50.3 Å². The van der Waals surface area contributed by atoms with E-state index in [9.17, 15) is 0 Å². The molecule has 0 aliphatic carbocycles. The molecule has 1 fully saturated rings. The molecule has 0 unspecified atom stereocenters. The quantitative estimate of drug-likeness (QED) is 0.750. The Bertz CT molecular complexity index is 901. The van der Waals surface area contributed by atoms with Crippen LogP contribution in [0.25, 0.3) is 11.4 Å². The van der Waals surface area contributed by atoms with Crippen LogP contribution in [-0.4, -0.2) is 36.3 Å². The van der Waals surface area contributed by atoms with E-state index in [0.717, 1.165) is 55.0 Å². The molecule has 0 atom stereocenters. The Hall–Kier alpha value is -2.92. The second-order valence-electron chi connectivity index (χ2n) is 6.79. The maximum atomic E-state index is 5.49. The summed E-state index contributed by atoms with van der Waals surface area (Å²) in [6.45, 7) is 7.35. The van der Waals surface area contributed by atoms with Crippen molar-refractivity contribution in [2.24, 2.45) is 0 Å². The van der Waals surface area contributed by atoms with E-state index in [-0.39, 0.29) is 0 Å². The number of para-hydroxylation sites is 1. The van der Waals surface area contributed by atoms with Gasteiger partial charge >= 0.3 is 0 Å². The van der Waals surface area contributed by atoms with Crippen molar-refractivity contribution in [3.05, 3.63) is 65.7 Å². The van der Waals surface area contributed by atoms with Crippen molar-refractivity contribution in [2.75, 3.05) is 36.5 Å². The Labute approximate surface area is 160 Å². The number of ether oxygens (including phenoxy) is 1. The van der Waals surface area contributed by atoms with Gasteiger partial charge in [-0.05, 0) is 25.0 Å². The molecule has 5 nitrogen and oxygen atoms in total. The highest BCUT2D eigenvalue weighted by atomic mass is 16.5. The van der Waals surface area contributed by atoms with Crippen molar-refractivity contribution in [1.29, 1.82) is 0 Å². The van der Waals surface area contributed by atoms with Gasteiger partial charge in [0.05, 0.1) is 13.2 Å². The minimum Gasteiger partial charge on any atom is -0.378 e. The smallest absolute Gasteiger partial charge is 0.163 e. The fourth-order valence-corrected chi connectivity index (χ4v) is 3.31. The Kier molecular flexibility index (Phi) is 5.03. The molecule has 2 heterocycles. The number of nitrogens with zero attached hydrogens (tertiary/aromatic N) is 3. The highest BCUT2D eigenvalue weighted by Gasteiger charge is 2.16. The van der Waals surface area contributed by atoms with E-state index in [1.165, 1.54) is 11.1 Å². The van der Waals surface area contributed by atoms with Crippen LogP contribution in [-0.2, 0) is 4.74 Å². The molecule has 1 N–H and O–H groups in total. The monoisotopic (exact) mass is 360 g/mol. The number of aromatic nitrogens is 2. The van der Waals surface area contributed by atoms with Gasteiger partial charge in [-0.25, -0.2) is 9.97 Å². The largest absolute Gasteiger partial charge is 0.378 e. The first-order valence-electron chi connectivity index (χ1n) is 9.31. The highest BCUT2D eigenvalue weighted by Crippen LogP contribution is 2.28. The maximum absolute atomic E-state index is 5.49. The van der Waals surface area contributed by atoms with E-state index in [0.29, 0.717) is 0 Å². The molecular weight excluding hydrogens is 336 g/mol. The maximum Gasteiger partial charge on any atom is 0.163 e.